The number of nitrogens with one attached hydrogen (secondary N) is 1. The molecule has 0 aromatic heterocycles. The third-order valence-electron chi connectivity index (χ3n) is 8.33. The molecule has 2 aliphatic rings. The van der Waals surface area contributed by atoms with Gasteiger partial charge in [0.2, 0.25) is 0 Å². The van der Waals surface area contributed by atoms with Gasteiger partial charge >= 0.3 is 11.9 Å². The van der Waals surface area contributed by atoms with Crippen LogP contribution < -0.4 is 14.8 Å². The Kier molecular flexibility index (Phi) is 12.7. The minimum Gasteiger partial charge on any atom is -0.494 e. The zero-order valence-electron chi connectivity index (χ0n) is 24.9. The smallest absolute Gasteiger partial charge is 0.335 e. The van der Waals surface area contributed by atoms with Gasteiger partial charge in [0, 0.05) is 12.6 Å². The zero-order valence-corrected chi connectivity index (χ0v) is 24.9. The first-order valence-corrected chi connectivity index (χ1v) is 15.8. The molecule has 0 saturated heterocycles. The minimum absolute atomic E-state index is 0.0142. The number of hydrogen-bond acceptors (Lipinski definition) is 6. The molecule has 2 aromatic carbocycles. The van der Waals surface area contributed by atoms with Crippen LogP contribution in [0.1, 0.15) is 103 Å². The number of rotatable bonds is 16. The Hall–Kier alpha value is -3.59. The topological polar surface area (TPSA) is 131 Å². The van der Waals surface area contributed by atoms with E-state index in [9.17, 15) is 24.6 Å². The van der Waals surface area contributed by atoms with E-state index in [2.05, 4.69) is 5.32 Å². The van der Waals surface area contributed by atoms with Crippen molar-refractivity contribution in [2.24, 2.45) is 5.92 Å². The van der Waals surface area contributed by atoms with Crippen molar-refractivity contribution in [1.29, 1.82) is 0 Å². The molecule has 0 aliphatic heterocycles. The van der Waals surface area contributed by atoms with Crippen LogP contribution in [-0.2, 0) is 16.0 Å². The standard InChI is InChI=1S/C34H45NO8/c36-32(35-27-10-6-9-25(22-27)33(37)38)30-23-26(34(39)40)15-18-31(30)43-21-7-8-24-13-16-29(17-14-24)42-20-5-4-19-41-28-11-2-1-3-12-28/h13-18,23,25,27-28H,1-12,19-22H2,(H,35,36)(H,37,38)(H,39,40)/t25-,27-/m0/s1. The van der Waals surface area contributed by atoms with Crippen LogP contribution in [0.5, 0.6) is 11.5 Å². The summed E-state index contributed by atoms with van der Waals surface area (Å²) in [4.78, 5) is 36.1. The molecule has 1 amide bonds. The van der Waals surface area contributed by atoms with E-state index in [1.807, 2.05) is 24.3 Å². The fourth-order valence-electron chi connectivity index (χ4n) is 5.86. The van der Waals surface area contributed by atoms with Crippen molar-refractivity contribution in [2.45, 2.75) is 95.6 Å². The van der Waals surface area contributed by atoms with Crippen LogP contribution in [0.2, 0.25) is 0 Å². The van der Waals surface area contributed by atoms with Crippen LogP contribution in [0, 0.1) is 5.92 Å². The molecule has 43 heavy (non-hydrogen) atoms. The van der Waals surface area contributed by atoms with Gasteiger partial charge in [-0.05, 0) is 93.7 Å². The number of amides is 1. The van der Waals surface area contributed by atoms with Gasteiger partial charge in [-0.15, -0.1) is 0 Å². The van der Waals surface area contributed by atoms with Crippen LogP contribution in [0.4, 0.5) is 0 Å². The van der Waals surface area contributed by atoms with E-state index in [-0.39, 0.29) is 17.2 Å². The van der Waals surface area contributed by atoms with E-state index in [0.717, 1.165) is 37.2 Å². The highest BCUT2D eigenvalue weighted by Gasteiger charge is 2.29. The third-order valence-corrected chi connectivity index (χ3v) is 8.33. The van der Waals surface area contributed by atoms with Gasteiger partial charge in [0.15, 0.2) is 0 Å². The number of ether oxygens (including phenoxy) is 3. The summed E-state index contributed by atoms with van der Waals surface area (Å²) < 4.78 is 17.8. The van der Waals surface area contributed by atoms with E-state index in [1.165, 1.54) is 50.3 Å². The molecule has 9 nitrogen and oxygen atoms in total. The molecule has 2 saturated carbocycles. The number of carbonyl (C=O) groups excluding carboxylic acids is 1. The quantitative estimate of drug-likeness (QED) is 0.193. The first kappa shape index (κ1) is 32.3. The fraction of sp³-hybridized carbons (Fsp3) is 0.559. The van der Waals surface area contributed by atoms with Crippen LogP contribution in [0.25, 0.3) is 0 Å². The van der Waals surface area contributed by atoms with E-state index >= 15 is 0 Å². The molecule has 3 N–H and O–H groups in total. The first-order valence-electron chi connectivity index (χ1n) is 15.8. The summed E-state index contributed by atoms with van der Waals surface area (Å²) in [6.07, 6.45) is 12.6. The molecule has 0 unspecified atom stereocenters. The van der Waals surface area contributed by atoms with Crippen molar-refractivity contribution in [3.8, 4) is 11.5 Å². The van der Waals surface area contributed by atoms with Gasteiger partial charge < -0.3 is 29.7 Å². The van der Waals surface area contributed by atoms with Crippen LogP contribution in [-0.4, -0.2) is 60.0 Å². The highest BCUT2D eigenvalue weighted by Crippen LogP contribution is 2.27. The molecule has 234 valence electrons. The maximum Gasteiger partial charge on any atom is 0.335 e. The maximum absolute atomic E-state index is 13.1. The lowest BCUT2D eigenvalue weighted by Gasteiger charge is -2.27. The zero-order chi connectivity index (χ0) is 30.4. The second-order valence-corrected chi connectivity index (χ2v) is 11.7. The van der Waals surface area contributed by atoms with E-state index < -0.39 is 23.8 Å². The predicted octanol–water partition coefficient (Wildman–Crippen LogP) is 6.28. The van der Waals surface area contributed by atoms with Crippen LogP contribution in [0.3, 0.4) is 0 Å². The second-order valence-electron chi connectivity index (χ2n) is 11.7. The van der Waals surface area contributed by atoms with Crippen molar-refractivity contribution in [3.05, 3.63) is 59.2 Å². The highest BCUT2D eigenvalue weighted by atomic mass is 16.5. The van der Waals surface area contributed by atoms with Crippen molar-refractivity contribution in [1.82, 2.24) is 5.32 Å². The summed E-state index contributed by atoms with van der Waals surface area (Å²) in [5.41, 5.74) is 1.26. The van der Waals surface area contributed by atoms with Gasteiger partial charge in [0.25, 0.3) is 5.91 Å². The fourth-order valence-corrected chi connectivity index (χ4v) is 5.86. The predicted molar refractivity (Wildman–Crippen MR) is 162 cm³/mol. The summed E-state index contributed by atoms with van der Waals surface area (Å²) in [6.45, 7) is 1.82. The lowest BCUT2D eigenvalue weighted by atomic mass is 9.85. The molecule has 4 rings (SSSR count). The minimum atomic E-state index is -1.14. The number of carboxylic acid groups (broad SMARTS) is 2. The van der Waals surface area contributed by atoms with Crippen molar-refractivity contribution in [2.75, 3.05) is 19.8 Å². The molecular formula is C34H45NO8. The summed E-state index contributed by atoms with van der Waals surface area (Å²) in [5, 5.41) is 21.7. The molecule has 2 fully saturated rings. The molecule has 0 spiro atoms. The Balaban J connectivity index is 1.19. The number of hydrogen-bond donors (Lipinski definition) is 3. The average Bonchev–Trinajstić information content (AvgIpc) is 3.02. The lowest BCUT2D eigenvalue weighted by Crippen LogP contribution is -2.40. The molecule has 2 aromatic rings. The number of aliphatic carboxylic acids is 1. The number of unbranched alkanes of at least 4 members (excludes halogenated alkanes) is 1. The Bertz CT molecular complexity index is 1190. The van der Waals surface area contributed by atoms with Gasteiger partial charge in [0.05, 0.1) is 36.4 Å². The highest BCUT2D eigenvalue weighted by molar-refractivity contribution is 6.00. The monoisotopic (exact) mass is 595 g/mol. The normalized spacial score (nSPS) is 19.0. The molecule has 0 heterocycles. The first-order chi connectivity index (χ1) is 20.9. The number of carbonyl (C=O) groups is 3. The summed E-state index contributed by atoms with van der Waals surface area (Å²) in [7, 11) is 0. The SMILES string of the molecule is O=C(O)c1ccc(OCCCc2ccc(OCCCCOC3CCCCC3)cc2)c(C(=O)N[C@H]2CCC[C@H](C(=O)O)C2)c1. The number of carboxylic acids is 2. The molecular weight excluding hydrogens is 550 g/mol. The maximum atomic E-state index is 13.1. The van der Waals surface area contributed by atoms with Gasteiger partial charge in [-0.2, -0.15) is 0 Å². The number of aromatic carboxylic acids is 1. The van der Waals surface area contributed by atoms with Gasteiger partial charge in [-0.25, -0.2) is 4.79 Å². The Morgan fingerprint density at radius 3 is 2.28 bits per heavy atom. The molecule has 2 atom stereocenters. The summed E-state index contributed by atoms with van der Waals surface area (Å²) >= 11 is 0. The van der Waals surface area contributed by atoms with Crippen LogP contribution >= 0.6 is 0 Å². The van der Waals surface area contributed by atoms with E-state index in [0.29, 0.717) is 57.2 Å². The molecule has 2 aliphatic carbocycles. The second kappa shape index (κ2) is 16.9. The van der Waals surface area contributed by atoms with Crippen LogP contribution in [0.15, 0.2) is 42.5 Å². The summed E-state index contributed by atoms with van der Waals surface area (Å²) in [6, 6.07) is 12.0. The largest absolute Gasteiger partial charge is 0.494 e. The molecule has 0 bridgehead atoms. The molecule has 0 radical (unpaired) electrons. The number of aryl methyl sites for hydroxylation is 1. The third kappa shape index (κ3) is 10.6. The Labute approximate surface area is 253 Å². The van der Waals surface area contributed by atoms with E-state index in [4.69, 9.17) is 14.2 Å². The summed E-state index contributed by atoms with van der Waals surface area (Å²) in [5.74, 6) is -1.79. The van der Waals surface area contributed by atoms with Crippen molar-refractivity contribution < 1.29 is 38.8 Å². The van der Waals surface area contributed by atoms with Gasteiger partial charge in [-0.1, -0.05) is 37.8 Å². The van der Waals surface area contributed by atoms with Gasteiger partial charge in [-0.3, -0.25) is 9.59 Å². The Morgan fingerprint density at radius 2 is 1.53 bits per heavy atom. The van der Waals surface area contributed by atoms with Crippen molar-refractivity contribution >= 4 is 17.8 Å². The van der Waals surface area contributed by atoms with Crippen molar-refractivity contribution in [3.63, 3.8) is 0 Å². The molecule has 9 heteroatoms. The average molecular weight is 596 g/mol. The number of benzene rings is 2. The lowest BCUT2D eigenvalue weighted by molar-refractivity contribution is -0.143. The van der Waals surface area contributed by atoms with E-state index in [1.54, 1.807) is 0 Å². The van der Waals surface area contributed by atoms with Gasteiger partial charge in [0.1, 0.15) is 11.5 Å². The Morgan fingerprint density at radius 1 is 0.791 bits per heavy atom.